The second kappa shape index (κ2) is 4.62. The van der Waals surface area contributed by atoms with E-state index >= 15 is 0 Å². The van der Waals surface area contributed by atoms with Gasteiger partial charge in [0.15, 0.2) is 6.29 Å². The summed E-state index contributed by atoms with van der Waals surface area (Å²) in [6, 6.07) is 0. The molecule has 0 spiro atoms. The largest absolute Gasteiger partial charge is 0.297 e. The zero-order chi connectivity index (χ0) is 7.28. The van der Waals surface area contributed by atoms with Crippen molar-refractivity contribution in [3.63, 3.8) is 0 Å². The predicted molar refractivity (Wildman–Crippen MR) is 42.6 cm³/mol. The van der Waals surface area contributed by atoms with E-state index in [0.29, 0.717) is 0 Å². The lowest BCUT2D eigenvalue weighted by atomic mass is 10.2. The Kier molecular flexibility index (Phi) is 4.50. The van der Waals surface area contributed by atoms with Gasteiger partial charge in [0.05, 0.1) is 0 Å². The van der Waals surface area contributed by atoms with Crippen LogP contribution in [0.5, 0.6) is 0 Å². The Labute approximate surface area is 60.5 Å². The van der Waals surface area contributed by atoms with Crippen LogP contribution in [0, 0.1) is 0 Å². The maximum Gasteiger partial charge on any atom is 0.156 e. The van der Waals surface area contributed by atoms with Gasteiger partial charge in [0, 0.05) is 4.91 Å². The van der Waals surface area contributed by atoms with Crippen LogP contribution in [0.4, 0.5) is 0 Å². The van der Waals surface area contributed by atoms with Gasteiger partial charge in [-0.1, -0.05) is 12.5 Å². The number of carbonyl (C=O) groups is 1. The van der Waals surface area contributed by atoms with Gasteiger partial charge in [-0.2, -0.15) is 0 Å². The molecule has 0 rings (SSSR count). The fourth-order valence-electron chi connectivity index (χ4n) is 0.497. The Morgan fingerprint density at radius 1 is 1.67 bits per heavy atom. The van der Waals surface area contributed by atoms with Gasteiger partial charge in [-0.25, -0.2) is 0 Å². The third-order valence-corrected chi connectivity index (χ3v) is 2.16. The van der Waals surface area contributed by atoms with Crippen LogP contribution in [-0.4, -0.2) is 12.5 Å². The Morgan fingerprint density at radius 3 is 2.33 bits per heavy atom. The highest BCUT2D eigenvalue weighted by molar-refractivity contribution is 8.03. The van der Waals surface area contributed by atoms with Gasteiger partial charge < -0.3 is 0 Å². The Morgan fingerprint density at radius 2 is 2.22 bits per heavy atom. The van der Waals surface area contributed by atoms with Gasteiger partial charge >= 0.3 is 0 Å². The fraction of sp³-hybridized carbons (Fsp3) is 0.571. The van der Waals surface area contributed by atoms with E-state index < -0.39 is 0 Å². The monoisotopic (exact) mass is 144 g/mol. The number of allylic oxidation sites excluding steroid dienone is 2. The molecular formula is C7H12OS. The van der Waals surface area contributed by atoms with Crippen LogP contribution in [0.25, 0.3) is 0 Å². The molecule has 2 heteroatoms. The number of carbonyl (C=O) groups excluding carboxylic acids is 1. The molecule has 0 N–H and O–H groups in total. The van der Waals surface area contributed by atoms with Crippen molar-refractivity contribution in [1.82, 2.24) is 0 Å². The first-order valence-corrected chi connectivity index (χ1v) is 4.17. The smallest absolute Gasteiger partial charge is 0.156 e. The average Bonchev–Trinajstić information content (AvgIpc) is 1.90. The van der Waals surface area contributed by atoms with Crippen molar-refractivity contribution in [2.24, 2.45) is 0 Å². The summed E-state index contributed by atoms with van der Waals surface area (Å²) in [5.41, 5.74) is 1.18. The summed E-state index contributed by atoms with van der Waals surface area (Å²) in [6.07, 6.45) is 3.81. The second-order valence-electron chi connectivity index (χ2n) is 1.82. The van der Waals surface area contributed by atoms with Crippen LogP contribution in [0.2, 0.25) is 0 Å². The molecule has 1 nitrogen and oxygen atoms in total. The molecular weight excluding hydrogens is 132 g/mol. The van der Waals surface area contributed by atoms with E-state index in [4.69, 9.17) is 0 Å². The molecule has 0 amide bonds. The molecule has 0 radical (unpaired) electrons. The summed E-state index contributed by atoms with van der Waals surface area (Å²) in [5, 5.41) is 0. The third kappa shape index (κ3) is 2.70. The molecule has 52 valence electrons. The molecule has 0 heterocycles. The van der Waals surface area contributed by atoms with E-state index in [1.807, 2.05) is 13.2 Å². The Hall–Kier alpha value is -0.240. The Balaban J connectivity index is 4.18. The lowest BCUT2D eigenvalue weighted by Crippen LogP contribution is -1.82. The first-order chi connectivity index (χ1) is 4.26. The standard InChI is InChI=1S/C7H12OS/c1-4-6(2)7(5-8)9-3/h5H,4H2,1-3H3/b7-6-. The average molecular weight is 144 g/mol. The predicted octanol–water partition coefficient (Wildman–Crippen LogP) is 2.23. The van der Waals surface area contributed by atoms with E-state index in [9.17, 15) is 4.79 Å². The first kappa shape index (κ1) is 8.76. The molecule has 0 atom stereocenters. The van der Waals surface area contributed by atoms with Crippen LogP contribution >= 0.6 is 11.8 Å². The van der Waals surface area contributed by atoms with Crippen LogP contribution in [0.3, 0.4) is 0 Å². The SMILES string of the molecule is CC/C(C)=C(/C=O)SC. The number of hydrogen-bond acceptors (Lipinski definition) is 2. The lowest BCUT2D eigenvalue weighted by molar-refractivity contribution is -0.104. The number of hydrogen-bond donors (Lipinski definition) is 0. The van der Waals surface area contributed by atoms with Crippen molar-refractivity contribution in [2.45, 2.75) is 20.3 Å². The van der Waals surface area contributed by atoms with Crippen molar-refractivity contribution in [3.05, 3.63) is 10.5 Å². The molecule has 0 saturated heterocycles. The van der Waals surface area contributed by atoms with E-state index in [1.165, 1.54) is 17.3 Å². The minimum Gasteiger partial charge on any atom is -0.297 e. The maximum absolute atomic E-state index is 10.3. The Bertz CT molecular complexity index is 127. The van der Waals surface area contributed by atoms with Crippen LogP contribution in [0.15, 0.2) is 10.5 Å². The first-order valence-electron chi connectivity index (χ1n) is 2.95. The summed E-state index contributed by atoms with van der Waals surface area (Å²) in [6.45, 7) is 4.04. The molecule has 0 aromatic rings. The van der Waals surface area contributed by atoms with E-state index in [2.05, 4.69) is 6.92 Å². The summed E-state index contributed by atoms with van der Waals surface area (Å²) in [4.78, 5) is 11.1. The summed E-state index contributed by atoms with van der Waals surface area (Å²) < 4.78 is 0. The van der Waals surface area contributed by atoms with Gasteiger partial charge in [-0.3, -0.25) is 4.79 Å². The molecule has 0 aromatic carbocycles. The van der Waals surface area contributed by atoms with Crippen molar-refractivity contribution >= 4 is 18.0 Å². The molecule has 0 fully saturated rings. The van der Waals surface area contributed by atoms with Crippen molar-refractivity contribution in [2.75, 3.05) is 6.26 Å². The summed E-state index contributed by atoms with van der Waals surface area (Å²) in [5.74, 6) is 0. The molecule has 0 aromatic heterocycles. The zero-order valence-corrected chi connectivity index (χ0v) is 6.92. The van der Waals surface area contributed by atoms with Crippen molar-refractivity contribution < 1.29 is 4.79 Å². The zero-order valence-electron chi connectivity index (χ0n) is 6.10. The van der Waals surface area contributed by atoms with Gasteiger partial charge in [0.2, 0.25) is 0 Å². The van der Waals surface area contributed by atoms with E-state index in [0.717, 1.165) is 17.6 Å². The fourth-order valence-corrected chi connectivity index (χ4v) is 1.09. The summed E-state index contributed by atoms with van der Waals surface area (Å²) in [7, 11) is 0. The van der Waals surface area contributed by atoms with Gasteiger partial charge in [-0.05, 0) is 19.6 Å². The normalized spacial score (nSPS) is 12.8. The maximum atomic E-state index is 10.3. The van der Waals surface area contributed by atoms with Crippen LogP contribution in [-0.2, 0) is 4.79 Å². The highest BCUT2D eigenvalue weighted by Gasteiger charge is 1.95. The highest BCUT2D eigenvalue weighted by atomic mass is 32.2. The van der Waals surface area contributed by atoms with E-state index in [-0.39, 0.29) is 0 Å². The van der Waals surface area contributed by atoms with Gasteiger partial charge in [-0.15, -0.1) is 11.8 Å². The minimum atomic E-state index is 0.873. The number of thioether (sulfide) groups is 1. The van der Waals surface area contributed by atoms with Crippen LogP contribution < -0.4 is 0 Å². The highest BCUT2D eigenvalue weighted by Crippen LogP contribution is 2.15. The molecule has 0 unspecified atom stereocenters. The van der Waals surface area contributed by atoms with Crippen molar-refractivity contribution in [1.29, 1.82) is 0 Å². The summed E-state index contributed by atoms with van der Waals surface area (Å²) >= 11 is 1.51. The molecule has 0 aliphatic rings. The van der Waals surface area contributed by atoms with E-state index in [1.54, 1.807) is 0 Å². The molecule has 0 saturated carbocycles. The van der Waals surface area contributed by atoms with Gasteiger partial charge in [0.25, 0.3) is 0 Å². The third-order valence-electron chi connectivity index (χ3n) is 1.28. The second-order valence-corrected chi connectivity index (χ2v) is 2.67. The van der Waals surface area contributed by atoms with Crippen molar-refractivity contribution in [3.8, 4) is 0 Å². The topological polar surface area (TPSA) is 17.1 Å². The van der Waals surface area contributed by atoms with Gasteiger partial charge in [0.1, 0.15) is 0 Å². The molecule has 9 heavy (non-hydrogen) atoms. The number of aldehydes is 1. The number of rotatable bonds is 3. The lowest BCUT2D eigenvalue weighted by Gasteiger charge is -1.97. The molecule has 0 aliphatic carbocycles. The molecule has 0 bridgehead atoms. The minimum absolute atomic E-state index is 0.873. The quantitative estimate of drug-likeness (QED) is 0.446. The van der Waals surface area contributed by atoms with Crippen LogP contribution in [0.1, 0.15) is 20.3 Å². The molecule has 0 aliphatic heterocycles.